The molecule has 1 aromatic carbocycles. The maximum absolute atomic E-state index is 12.4. The summed E-state index contributed by atoms with van der Waals surface area (Å²) in [4.78, 5) is 12.4. The van der Waals surface area contributed by atoms with E-state index in [9.17, 15) is 4.79 Å². The zero-order valence-corrected chi connectivity index (χ0v) is 14.1. The van der Waals surface area contributed by atoms with Crippen LogP contribution >= 0.6 is 0 Å². The van der Waals surface area contributed by atoms with Gasteiger partial charge < -0.3 is 14.8 Å². The number of amides is 1. The van der Waals surface area contributed by atoms with Gasteiger partial charge in [0.2, 0.25) is 0 Å². The van der Waals surface area contributed by atoms with E-state index in [2.05, 4.69) is 10.4 Å². The lowest BCUT2D eigenvalue weighted by Gasteiger charge is -2.22. The zero-order chi connectivity index (χ0) is 16.9. The topological polar surface area (TPSA) is 65.4 Å². The number of hydrogen-bond donors (Lipinski definition) is 1. The van der Waals surface area contributed by atoms with Crippen LogP contribution in [0.1, 0.15) is 23.3 Å². The van der Waals surface area contributed by atoms with Gasteiger partial charge in [-0.15, -0.1) is 0 Å². The van der Waals surface area contributed by atoms with Crippen molar-refractivity contribution in [2.24, 2.45) is 13.0 Å². The summed E-state index contributed by atoms with van der Waals surface area (Å²) in [6, 6.07) is 9.46. The molecule has 1 aliphatic heterocycles. The molecule has 1 saturated heterocycles. The molecule has 0 saturated carbocycles. The quantitative estimate of drug-likeness (QED) is 0.914. The normalized spacial score (nSPS) is 15.2. The molecular formula is C18H23N3O3. The van der Waals surface area contributed by atoms with Crippen molar-refractivity contribution in [3.63, 3.8) is 0 Å². The van der Waals surface area contributed by atoms with Crippen LogP contribution in [0.15, 0.2) is 30.3 Å². The third-order valence-corrected chi connectivity index (χ3v) is 4.39. The molecule has 3 rings (SSSR count). The van der Waals surface area contributed by atoms with Gasteiger partial charge in [-0.05, 0) is 49.1 Å². The van der Waals surface area contributed by atoms with E-state index in [1.807, 2.05) is 30.3 Å². The number of nitrogens with one attached hydrogen (secondary N) is 1. The van der Waals surface area contributed by atoms with Gasteiger partial charge in [-0.25, -0.2) is 0 Å². The maximum Gasteiger partial charge on any atom is 0.269 e. The molecule has 1 aliphatic rings. The molecular weight excluding hydrogens is 306 g/mol. The van der Waals surface area contributed by atoms with Gasteiger partial charge in [-0.3, -0.25) is 9.48 Å². The molecule has 0 aliphatic carbocycles. The number of carbonyl (C=O) groups excluding carboxylic acids is 1. The number of aromatic nitrogens is 2. The van der Waals surface area contributed by atoms with Gasteiger partial charge in [-0.2, -0.15) is 5.10 Å². The summed E-state index contributed by atoms with van der Waals surface area (Å²) in [5.74, 6) is 1.21. The van der Waals surface area contributed by atoms with E-state index < -0.39 is 0 Å². The van der Waals surface area contributed by atoms with Crippen molar-refractivity contribution in [2.75, 3.05) is 26.9 Å². The number of carbonyl (C=O) groups is 1. The molecule has 6 heteroatoms. The average Bonchev–Trinajstić information content (AvgIpc) is 3.02. The van der Waals surface area contributed by atoms with Crippen LogP contribution in [0.25, 0.3) is 11.3 Å². The Bertz CT molecular complexity index is 688. The molecule has 0 bridgehead atoms. The van der Waals surface area contributed by atoms with Gasteiger partial charge >= 0.3 is 0 Å². The van der Waals surface area contributed by atoms with Crippen molar-refractivity contribution in [3.05, 3.63) is 36.0 Å². The van der Waals surface area contributed by atoms with Crippen molar-refractivity contribution >= 4 is 5.91 Å². The number of ether oxygens (including phenoxy) is 2. The number of aryl methyl sites for hydroxylation is 1. The van der Waals surface area contributed by atoms with Crippen LogP contribution in [-0.4, -0.2) is 42.6 Å². The standard InChI is InChI=1S/C18H23N3O3/c1-21-17(18(22)19-12-13-7-9-24-10-8-13)11-16(20-21)14-3-5-15(23-2)6-4-14/h3-6,11,13H,7-10,12H2,1-2H3,(H,19,22). The minimum atomic E-state index is -0.0868. The van der Waals surface area contributed by atoms with Crippen LogP contribution in [0.5, 0.6) is 5.75 Å². The first kappa shape index (κ1) is 16.5. The highest BCUT2D eigenvalue weighted by atomic mass is 16.5. The van der Waals surface area contributed by atoms with Gasteiger partial charge in [0.1, 0.15) is 11.4 Å². The van der Waals surface area contributed by atoms with Crippen LogP contribution in [0.2, 0.25) is 0 Å². The van der Waals surface area contributed by atoms with Gasteiger partial charge in [0.25, 0.3) is 5.91 Å². The monoisotopic (exact) mass is 329 g/mol. The van der Waals surface area contributed by atoms with Crippen molar-refractivity contribution < 1.29 is 14.3 Å². The minimum absolute atomic E-state index is 0.0868. The number of nitrogens with zero attached hydrogens (tertiary/aromatic N) is 2. The van der Waals surface area contributed by atoms with E-state index in [-0.39, 0.29) is 5.91 Å². The molecule has 1 N–H and O–H groups in total. The third-order valence-electron chi connectivity index (χ3n) is 4.39. The van der Waals surface area contributed by atoms with Crippen LogP contribution in [0.3, 0.4) is 0 Å². The summed E-state index contributed by atoms with van der Waals surface area (Å²) < 4.78 is 12.1. The fraction of sp³-hybridized carbons (Fsp3) is 0.444. The Kier molecular flexibility index (Phi) is 5.15. The fourth-order valence-electron chi connectivity index (χ4n) is 2.86. The van der Waals surface area contributed by atoms with Crippen molar-refractivity contribution in [2.45, 2.75) is 12.8 Å². The van der Waals surface area contributed by atoms with Crippen LogP contribution < -0.4 is 10.1 Å². The molecule has 2 heterocycles. The fourth-order valence-corrected chi connectivity index (χ4v) is 2.86. The van der Waals surface area contributed by atoms with Crippen molar-refractivity contribution in [3.8, 4) is 17.0 Å². The Balaban J connectivity index is 1.67. The average molecular weight is 329 g/mol. The lowest BCUT2D eigenvalue weighted by molar-refractivity contribution is 0.0641. The van der Waals surface area contributed by atoms with E-state index in [1.165, 1.54) is 0 Å². The van der Waals surface area contributed by atoms with E-state index in [0.29, 0.717) is 18.2 Å². The molecule has 0 spiro atoms. The maximum atomic E-state index is 12.4. The number of methoxy groups -OCH3 is 1. The molecule has 1 amide bonds. The summed E-state index contributed by atoms with van der Waals surface area (Å²) in [6.07, 6.45) is 2.01. The zero-order valence-electron chi connectivity index (χ0n) is 14.1. The van der Waals surface area contributed by atoms with Crippen LogP contribution in [0, 0.1) is 5.92 Å². The van der Waals surface area contributed by atoms with Gasteiger partial charge in [-0.1, -0.05) is 0 Å². The van der Waals surface area contributed by atoms with Crippen molar-refractivity contribution in [1.29, 1.82) is 0 Å². The summed E-state index contributed by atoms with van der Waals surface area (Å²) in [5, 5.41) is 7.46. The number of benzene rings is 1. The van der Waals surface area contributed by atoms with E-state index in [1.54, 1.807) is 18.8 Å². The van der Waals surface area contributed by atoms with E-state index in [4.69, 9.17) is 9.47 Å². The van der Waals surface area contributed by atoms with Gasteiger partial charge in [0.15, 0.2) is 0 Å². The second kappa shape index (κ2) is 7.49. The third kappa shape index (κ3) is 3.76. The molecule has 24 heavy (non-hydrogen) atoms. The summed E-state index contributed by atoms with van der Waals surface area (Å²) >= 11 is 0. The Morgan fingerprint density at radius 2 is 2.04 bits per heavy atom. The predicted octanol–water partition coefficient (Wildman–Crippen LogP) is 2.25. The summed E-state index contributed by atoms with van der Waals surface area (Å²) in [5.41, 5.74) is 2.29. The summed E-state index contributed by atoms with van der Waals surface area (Å²) in [7, 11) is 3.42. The second-order valence-corrected chi connectivity index (χ2v) is 6.03. The van der Waals surface area contributed by atoms with Gasteiger partial charge in [0, 0.05) is 32.4 Å². The highest BCUT2D eigenvalue weighted by Crippen LogP contribution is 2.22. The predicted molar refractivity (Wildman–Crippen MR) is 91.1 cm³/mol. The SMILES string of the molecule is COc1ccc(-c2cc(C(=O)NCC3CCOCC3)n(C)n2)cc1. The number of hydrogen-bond acceptors (Lipinski definition) is 4. The molecule has 0 unspecified atom stereocenters. The largest absolute Gasteiger partial charge is 0.497 e. The van der Waals surface area contributed by atoms with Gasteiger partial charge in [0.05, 0.1) is 12.8 Å². The molecule has 0 radical (unpaired) electrons. The molecule has 6 nitrogen and oxygen atoms in total. The molecule has 1 aromatic heterocycles. The first-order valence-corrected chi connectivity index (χ1v) is 8.22. The van der Waals surface area contributed by atoms with Crippen molar-refractivity contribution in [1.82, 2.24) is 15.1 Å². The lowest BCUT2D eigenvalue weighted by Crippen LogP contribution is -2.33. The minimum Gasteiger partial charge on any atom is -0.497 e. The Hall–Kier alpha value is -2.34. The van der Waals surface area contributed by atoms with Crippen LogP contribution in [0.4, 0.5) is 0 Å². The molecule has 1 fully saturated rings. The number of rotatable bonds is 5. The Morgan fingerprint density at radius 3 is 2.71 bits per heavy atom. The molecule has 0 atom stereocenters. The highest BCUT2D eigenvalue weighted by molar-refractivity contribution is 5.93. The highest BCUT2D eigenvalue weighted by Gasteiger charge is 2.18. The first-order chi connectivity index (χ1) is 11.7. The van der Waals surface area contributed by atoms with E-state index >= 15 is 0 Å². The summed E-state index contributed by atoms with van der Waals surface area (Å²) in [6.45, 7) is 2.26. The Morgan fingerprint density at radius 1 is 1.33 bits per heavy atom. The van der Waals surface area contributed by atoms with Crippen LogP contribution in [-0.2, 0) is 11.8 Å². The molecule has 128 valence electrons. The lowest BCUT2D eigenvalue weighted by atomic mass is 10.0. The smallest absolute Gasteiger partial charge is 0.269 e. The Labute approximate surface area is 141 Å². The molecule has 2 aromatic rings. The van der Waals surface area contributed by atoms with E-state index in [0.717, 1.165) is 43.1 Å². The first-order valence-electron chi connectivity index (χ1n) is 8.22. The second-order valence-electron chi connectivity index (χ2n) is 6.03.